The number of hydrogen-bond donors (Lipinski definition) is 0. The van der Waals surface area contributed by atoms with Crippen molar-refractivity contribution in [3.63, 3.8) is 0 Å². The Morgan fingerprint density at radius 3 is 3.09 bits per heavy atom. The third-order valence-corrected chi connectivity index (χ3v) is 4.43. The minimum Gasteiger partial charge on any atom is -0.459 e. The monoisotopic (exact) mass is 312 g/mol. The fourth-order valence-corrected chi connectivity index (χ4v) is 3.21. The van der Waals surface area contributed by atoms with Crippen LogP contribution in [-0.4, -0.2) is 32.3 Å². The molecule has 120 valence electrons. The van der Waals surface area contributed by atoms with Crippen LogP contribution in [0, 0.1) is 6.92 Å². The highest BCUT2D eigenvalue weighted by molar-refractivity contribution is 5.44. The van der Waals surface area contributed by atoms with Crippen molar-refractivity contribution in [1.29, 1.82) is 0 Å². The van der Waals surface area contributed by atoms with Crippen molar-refractivity contribution in [3.8, 4) is 11.7 Å². The number of aryl methyl sites for hydroxylation is 1. The molecule has 1 aliphatic rings. The third kappa shape index (κ3) is 2.94. The van der Waals surface area contributed by atoms with E-state index in [-0.39, 0.29) is 0 Å². The second-order valence-electron chi connectivity index (χ2n) is 5.99. The van der Waals surface area contributed by atoms with E-state index in [2.05, 4.69) is 15.0 Å². The number of hydrogen-bond acceptors (Lipinski definition) is 5. The predicted octanol–water partition coefficient (Wildman–Crippen LogP) is 3.10. The Kier molecular flexibility index (Phi) is 3.75. The van der Waals surface area contributed by atoms with Crippen LogP contribution in [-0.2, 0) is 13.1 Å². The molecule has 0 unspecified atom stereocenters. The molecule has 1 atom stereocenters. The Balaban J connectivity index is 1.48. The van der Waals surface area contributed by atoms with Gasteiger partial charge in [-0.25, -0.2) is 4.98 Å². The summed E-state index contributed by atoms with van der Waals surface area (Å²) in [5.41, 5.74) is 0.990. The summed E-state index contributed by atoms with van der Waals surface area (Å²) in [6.07, 6.45) is 7.90. The lowest BCUT2D eigenvalue weighted by molar-refractivity contribution is 0.216. The normalized spacial score (nSPS) is 18.7. The topological polar surface area (TPSA) is 60.2 Å². The molecule has 6 nitrogen and oxygen atoms in total. The zero-order valence-electron chi connectivity index (χ0n) is 13.2. The average Bonchev–Trinajstić information content (AvgIpc) is 3.31. The van der Waals surface area contributed by atoms with Crippen LogP contribution >= 0.6 is 0 Å². The molecule has 3 aromatic rings. The molecular formula is C17H20N4O2. The third-order valence-electron chi connectivity index (χ3n) is 4.43. The van der Waals surface area contributed by atoms with Crippen LogP contribution in [0.25, 0.3) is 11.7 Å². The van der Waals surface area contributed by atoms with E-state index in [1.807, 2.05) is 42.2 Å². The van der Waals surface area contributed by atoms with Gasteiger partial charge in [-0.15, -0.1) is 0 Å². The molecule has 1 saturated heterocycles. The summed E-state index contributed by atoms with van der Waals surface area (Å²) in [7, 11) is 0. The van der Waals surface area contributed by atoms with E-state index >= 15 is 0 Å². The number of likely N-dealkylation sites (tertiary alicyclic amines) is 1. The Morgan fingerprint density at radius 2 is 2.30 bits per heavy atom. The van der Waals surface area contributed by atoms with Gasteiger partial charge in [0, 0.05) is 25.0 Å². The van der Waals surface area contributed by atoms with Gasteiger partial charge in [-0.3, -0.25) is 9.58 Å². The van der Waals surface area contributed by atoms with E-state index in [9.17, 15) is 0 Å². The van der Waals surface area contributed by atoms with E-state index in [0.29, 0.717) is 17.7 Å². The fraction of sp³-hybridized carbons (Fsp3) is 0.412. The molecular weight excluding hydrogens is 292 g/mol. The molecule has 0 N–H and O–H groups in total. The molecule has 0 radical (unpaired) electrons. The second kappa shape index (κ2) is 6.04. The summed E-state index contributed by atoms with van der Waals surface area (Å²) in [6, 6.07) is 6.18. The molecule has 23 heavy (non-hydrogen) atoms. The Labute approximate surface area is 134 Å². The van der Waals surface area contributed by atoms with Gasteiger partial charge >= 0.3 is 0 Å². The molecule has 1 fully saturated rings. The number of furan rings is 1. The van der Waals surface area contributed by atoms with Gasteiger partial charge in [0.15, 0.2) is 5.76 Å². The van der Waals surface area contributed by atoms with Crippen molar-refractivity contribution in [2.24, 2.45) is 0 Å². The standard InChI is InChI=1S/C17H20N4O2/c1-13-15(19-17(23-13)16-6-3-10-22-16)12-20-8-2-5-14(20)11-21-9-4-7-18-21/h3-4,6-7,9-10,14H,2,5,8,11-12H2,1H3/t14-/m0/s1. The van der Waals surface area contributed by atoms with Gasteiger partial charge in [0.2, 0.25) is 0 Å². The Hall–Kier alpha value is -2.34. The Morgan fingerprint density at radius 1 is 1.35 bits per heavy atom. The summed E-state index contributed by atoms with van der Waals surface area (Å²) in [5, 5.41) is 4.32. The molecule has 3 aromatic heterocycles. The van der Waals surface area contributed by atoms with Gasteiger partial charge in [0.1, 0.15) is 5.76 Å². The average molecular weight is 312 g/mol. The van der Waals surface area contributed by atoms with Crippen LogP contribution in [0.3, 0.4) is 0 Å². The summed E-state index contributed by atoms with van der Waals surface area (Å²) in [6.45, 7) is 4.79. The van der Waals surface area contributed by atoms with Crippen molar-refractivity contribution in [2.45, 2.75) is 38.9 Å². The largest absolute Gasteiger partial charge is 0.459 e. The molecule has 1 aliphatic heterocycles. The highest BCUT2D eigenvalue weighted by atomic mass is 16.4. The molecule has 6 heteroatoms. The van der Waals surface area contributed by atoms with E-state index in [1.165, 1.54) is 12.8 Å². The molecule has 4 heterocycles. The second-order valence-corrected chi connectivity index (χ2v) is 5.99. The number of rotatable bonds is 5. The van der Waals surface area contributed by atoms with Crippen molar-refractivity contribution in [2.75, 3.05) is 6.54 Å². The van der Waals surface area contributed by atoms with Crippen LogP contribution in [0.2, 0.25) is 0 Å². The smallest absolute Gasteiger partial charge is 0.263 e. The van der Waals surface area contributed by atoms with Crippen molar-refractivity contribution >= 4 is 0 Å². The van der Waals surface area contributed by atoms with Gasteiger partial charge in [-0.1, -0.05) is 0 Å². The van der Waals surface area contributed by atoms with E-state index < -0.39 is 0 Å². The van der Waals surface area contributed by atoms with Crippen LogP contribution < -0.4 is 0 Å². The number of nitrogens with zero attached hydrogens (tertiary/aromatic N) is 4. The van der Waals surface area contributed by atoms with Gasteiger partial charge in [0.05, 0.1) is 18.5 Å². The first-order valence-electron chi connectivity index (χ1n) is 8.01. The van der Waals surface area contributed by atoms with Crippen molar-refractivity contribution < 1.29 is 8.83 Å². The fourth-order valence-electron chi connectivity index (χ4n) is 3.21. The summed E-state index contributed by atoms with van der Waals surface area (Å²) >= 11 is 0. The van der Waals surface area contributed by atoms with Crippen LogP contribution in [0.5, 0.6) is 0 Å². The number of aromatic nitrogens is 3. The molecule has 0 spiro atoms. The highest BCUT2D eigenvalue weighted by Crippen LogP contribution is 2.26. The van der Waals surface area contributed by atoms with Crippen molar-refractivity contribution in [1.82, 2.24) is 19.7 Å². The lowest BCUT2D eigenvalue weighted by Crippen LogP contribution is -2.33. The van der Waals surface area contributed by atoms with Gasteiger partial charge < -0.3 is 8.83 Å². The lowest BCUT2D eigenvalue weighted by atomic mass is 10.2. The molecule has 0 amide bonds. The highest BCUT2D eigenvalue weighted by Gasteiger charge is 2.27. The van der Waals surface area contributed by atoms with E-state index in [0.717, 1.165) is 31.1 Å². The first-order chi connectivity index (χ1) is 11.3. The van der Waals surface area contributed by atoms with Crippen LogP contribution in [0.4, 0.5) is 0 Å². The Bertz CT molecular complexity index is 746. The zero-order valence-corrected chi connectivity index (χ0v) is 13.2. The first kappa shape index (κ1) is 14.3. The first-order valence-corrected chi connectivity index (χ1v) is 8.01. The minimum absolute atomic E-state index is 0.498. The maximum atomic E-state index is 5.76. The summed E-state index contributed by atoms with van der Waals surface area (Å²) in [5.74, 6) is 2.10. The molecule has 0 aromatic carbocycles. The lowest BCUT2D eigenvalue weighted by Gasteiger charge is -2.23. The maximum absolute atomic E-state index is 5.76. The molecule has 0 bridgehead atoms. The van der Waals surface area contributed by atoms with E-state index in [1.54, 1.807) is 6.26 Å². The van der Waals surface area contributed by atoms with Gasteiger partial charge in [0.25, 0.3) is 5.89 Å². The summed E-state index contributed by atoms with van der Waals surface area (Å²) in [4.78, 5) is 7.09. The van der Waals surface area contributed by atoms with Crippen LogP contribution in [0.15, 0.2) is 45.7 Å². The van der Waals surface area contributed by atoms with Crippen LogP contribution in [0.1, 0.15) is 24.3 Å². The quantitative estimate of drug-likeness (QED) is 0.724. The maximum Gasteiger partial charge on any atom is 0.263 e. The molecule has 0 saturated carbocycles. The van der Waals surface area contributed by atoms with E-state index in [4.69, 9.17) is 8.83 Å². The predicted molar refractivity (Wildman–Crippen MR) is 84.6 cm³/mol. The minimum atomic E-state index is 0.498. The molecule has 0 aliphatic carbocycles. The van der Waals surface area contributed by atoms with Crippen molar-refractivity contribution in [3.05, 3.63) is 48.3 Å². The zero-order chi connectivity index (χ0) is 15.6. The molecule has 4 rings (SSSR count). The number of oxazole rings is 1. The SMILES string of the molecule is Cc1oc(-c2ccco2)nc1CN1CCC[C@H]1Cn1cccn1. The summed E-state index contributed by atoms with van der Waals surface area (Å²) < 4.78 is 13.1. The van der Waals surface area contributed by atoms with Gasteiger partial charge in [-0.2, -0.15) is 5.10 Å². The van der Waals surface area contributed by atoms with Gasteiger partial charge in [-0.05, 0) is 44.5 Å².